The first kappa shape index (κ1) is 19.9. The summed E-state index contributed by atoms with van der Waals surface area (Å²) in [6, 6.07) is 23.6. The maximum absolute atomic E-state index is 13.4. The average Bonchev–Trinajstić information content (AvgIpc) is 3.44. The summed E-state index contributed by atoms with van der Waals surface area (Å²) in [5, 5.41) is 14.1. The van der Waals surface area contributed by atoms with Gasteiger partial charge in [0, 0.05) is 0 Å². The van der Waals surface area contributed by atoms with Crippen molar-refractivity contribution < 1.29 is 8.42 Å². The molecule has 0 radical (unpaired) electrons. The van der Waals surface area contributed by atoms with Crippen molar-refractivity contribution in [3.05, 3.63) is 89.7 Å². The van der Waals surface area contributed by atoms with E-state index in [1.807, 2.05) is 72.8 Å². The second-order valence-electron chi connectivity index (χ2n) is 8.00. The van der Waals surface area contributed by atoms with Gasteiger partial charge in [0.15, 0.2) is 5.82 Å². The topological polar surface area (TPSA) is 76.9 Å². The number of nitrogens with one attached hydrogen (secondary N) is 1. The van der Waals surface area contributed by atoms with Gasteiger partial charge in [0.2, 0.25) is 15.0 Å². The predicted molar refractivity (Wildman–Crippen MR) is 120 cm³/mol. The zero-order valence-electron chi connectivity index (χ0n) is 17.1. The van der Waals surface area contributed by atoms with Crippen molar-refractivity contribution in [2.24, 2.45) is 0 Å². The molecule has 7 heteroatoms. The Labute approximate surface area is 181 Å². The molecule has 158 valence electrons. The molecule has 2 heterocycles. The third-order valence-electron chi connectivity index (χ3n) is 5.75. The number of hydrogen-bond donors (Lipinski definition) is 1. The fraction of sp³-hybridized carbons (Fsp3) is 0.250. The molecular formula is C24H24N4O2S. The van der Waals surface area contributed by atoms with Crippen LogP contribution in [0.15, 0.2) is 78.0 Å². The number of nitrogens with zero attached hydrogens (tertiary/aromatic N) is 3. The molecule has 1 aromatic heterocycles. The summed E-state index contributed by atoms with van der Waals surface area (Å²) in [5.41, 5.74) is 1.76. The van der Waals surface area contributed by atoms with Gasteiger partial charge in [0.05, 0.1) is 18.3 Å². The van der Waals surface area contributed by atoms with Gasteiger partial charge in [-0.3, -0.25) is 4.57 Å². The van der Waals surface area contributed by atoms with Crippen LogP contribution in [0.2, 0.25) is 0 Å². The van der Waals surface area contributed by atoms with Crippen LogP contribution in [0.4, 0.5) is 0 Å². The lowest BCUT2D eigenvalue weighted by molar-refractivity contribution is 0.535. The highest BCUT2D eigenvalue weighted by molar-refractivity contribution is 7.90. The first-order valence-corrected chi connectivity index (χ1v) is 12.2. The molecule has 1 saturated heterocycles. The normalized spacial score (nSPS) is 16.7. The Morgan fingerprint density at radius 2 is 1.68 bits per heavy atom. The lowest BCUT2D eigenvalue weighted by Crippen LogP contribution is -2.21. The van der Waals surface area contributed by atoms with Gasteiger partial charge in [-0.2, -0.15) is 0 Å². The molecule has 0 amide bonds. The molecule has 0 aliphatic carbocycles. The number of rotatable bonds is 6. The first-order valence-electron chi connectivity index (χ1n) is 10.5. The zero-order chi connectivity index (χ0) is 21.3. The summed E-state index contributed by atoms with van der Waals surface area (Å²) in [5.74, 6) is 0.585. The van der Waals surface area contributed by atoms with E-state index >= 15 is 0 Å². The standard InChI is InChI=1S/C24H24N4O2S/c29-31(30,17-19-12-13-20-9-4-5-10-21(20)15-19)24-27-26-23(22-11-6-14-25-22)28(24)16-18-7-2-1-3-8-18/h1-5,7-10,12-13,15,22,25H,6,11,14,16-17H2. The lowest BCUT2D eigenvalue weighted by atomic mass is 10.1. The Bertz CT molecular complexity index is 1310. The lowest BCUT2D eigenvalue weighted by Gasteiger charge is -2.15. The minimum absolute atomic E-state index is 0.0285. The SMILES string of the molecule is O=S(=O)(Cc1ccc2ccccc2c1)c1nnc(C2CCCN2)n1Cc1ccccc1. The van der Waals surface area contributed by atoms with Crippen molar-refractivity contribution in [1.82, 2.24) is 20.1 Å². The largest absolute Gasteiger partial charge is 0.307 e. The minimum Gasteiger partial charge on any atom is -0.307 e. The molecule has 1 aliphatic rings. The number of aromatic nitrogens is 3. The summed E-state index contributed by atoms with van der Waals surface area (Å²) in [4.78, 5) is 0. The van der Waals surface area contributed by atoms with Crippen LogP contribution in [0, 0.1) is 0 Å². The molecular weight excluding hydrogens is 408 g/mol. The summed E-state index contributed by atoms with van der Waals surface area (Å²) >= 11 is 0. The van der Waals surface area contributed by atoms with E-state index in [1.54, 1.807) is 4.57 Å². The van der Waals surface area contributed by atoms with Crippen LogP contribution >= 0.6 is 0 Å². The van der Waals surface area contributed by atoms with Gasteiger partial charge < -0.3 is 5.32 Å². The molecule has 1 unspecified atom stereocenters. The minimum atomic E-state index is -3.68. The van der Waals surface area contributed by atoms with Gasteiger partial charge in [0.25, 0.3) is 0 Å². The summed E-state index contributed by atoms with van der Waals surface area (Å²) in [6.45, 7) is 1.33. The predicted octanol–water partition coefficient (Wildman–Crippen LogP) is 3.88. The highest BCUT2D eigenvalue weighted by atomic mass is 32.2. The Kier molecular flexibility index (Phi) is 5.29. The Morgan fingerprint density at radius 1 is 0.903 bits per heavy atom. The van der Waals surface area contributed by atoms with E-state index < -0.39 is 9.84 Å². The van der Waals surface area contributed by atoms with E-state index in [1.165, 1.54) is 0 Å². The van der Waals surface area contributed by atoms with E-state index in [0.29, 0.717) is 12.4 Å². The highest BCUT2D eigenvalue weighted by Gasteiger charge is 2.30. The van der Waals surface area contributed by atoms with Crippen LogP contribution in [-0.4, -0.2) is 29.7 Å². The smallest absolute Gasteiger partial charge is 0.250 e. The molecule has 1 atom stereocenters. The summed E-state index contributed by atoms with van der Waals surface area (Å²) in [6.07, 6.45) is 1.97. The third-order valence-corrected chi connectivity index (χ3v) is 7.32. The zero-order valence-corrected chi connectivity index (χ0v) is 17.9. The Balaban J connectivity index is 1.52. The monoisotopic (exact) mass is 432 g/mol. The van der Waals surface area contributed by atoms with Crippen molar-refractivity contribution in [3.8, 4) is 0 Å². The summed E-state index contributed by atoms with van der Waals surface area (Å²) < 4.78 is 28.6. The molecule has 0 saturated carbocycles. The van der Waals surface area contributed by atoms with E-state index in [2.05, 4.69) is 15.5 Å². The van der Waals surface area contributed by atoms with E-state index in [4.69, 9.17) is 0 Å². The van der Waals surface area contributed by atoms with Crippen molar-refractivity contribution in [1.29, 1.82) is 0 Å². The van der Waals surface area contributed by atoms with Crippen molar-refractivity contribution >= 4 is 20.6 Å². The molecule has 31 heavy (non-hydrogen) atoms. The Morgan fingerprint density at radius 3 is 2.45 bits per heavy atom. The van der Waals surface area contributed by atoms with Gasteiger partial charge in [-0.25, -0.2) is 8.42 Å². The Hall–Kier alpha value is -3.03. The quantitative estimate of drug-likeness (QED) is 0.500. The first-order chi connectivity index (χ1) is 15.1. The van der Waals surface area contributed by atoms with Gasteiger partial charge in [0.1, 0.15) is 0 Å². The maximum Gasteiger partial charge on any atom is 0.250 e. The van der Waals surface area contributed by atoms with Crippen molar-refractivity contribution in [3.63, 3.8) is 0 Å². The fourth-order valence-corrected chi connectivity index (χ4v) is 5.63. The van der Waals surface area contributed by atoms with Gasteiger partial charge >= 0.3 is 0 Å². The number of hydrogen-bond acceptors (Lipinski definition) is 5. The van der Waals surface area contributed by atoms with E-state index in [0.717, 1.165) is 41.3 Å². The fourth-order valence-electron chi connectivity index (χ4n) is 4.22. The van der Waals surface area contributed by atoms with Crippen LogP contribution < -0.4 is 5.32 Å². The molecule has 4 aromatic rings. The number of benzene rings is 3. The van der Waals surface area contributed by atoms with Crippen LogP contribution in [0.1, 0.15) is 35.8 Å². The summed E-state index contributed by atoms with van der Waals surface area (Å²) in [7, 11) is -3.68. The number of sulfone groups is 1. The van der Waals surface area contributed by atoms with Crippen molar-refractivity contribution in [2.75, 3.05) is 6.54 Å². The molecule has 5 rings (SSSR count). The average molecular weight is 433 g/mol. The van der Waals surface area contributed by atoms with Gasteiger partial charge in [-0.05, 0) is 41.3 Å². The molecule has 6 nitrogen and oxygen atoms in total. The second-order valence-corrected chi connectivity index (χ2v) is 9.89. The van der Waals surface area contributed by atoms with Gasteiger partial charge in [-0.1, -0.05) is 72.8 Å². The molecule has 3 aromatic carbocycles. The molecule has 0 bridgehead atoms. The van der Waals surface area contributed by atoms with E-state index in [9.17, 15) is 8.42 Å². The molecule has 0 spiro atoms. The van der Waals surface area contributed by atoms with Gasteiger partial charge in [-0.15, -0.1) is 10.2 Å². The van der Waals surface area contributed by atoms with Crippen molar-refractivity contribution in [2.45, 2.75) is 36.3 Å². The highest BCUT2D eigenvalue weighted by Crippen LogP contribution is 2.26. The molecule has 1 N–H and O–H groups in total. The maximum atomic E-state index is 13.4. The second kappa shape index (κ2) is 8.24. The third kappa shape index (κ3) is 4.11. The molecule has 1 fully saturated rings. The van der Waals surface area contributed by atoms with Crippen LogP contribution in [0.25, 0.3) is 10.8 Å². The van der Waals surface area contributed by atoms with Crippen LogP contribution in [0.5, 0.6) is 0 Å². The van der Waals surface area contributed by atoms with Crippen LogP contribution in [-0.2, 0) is 22.1 Å². The van der Waals surface area contributed by atoms with E-state index in [-0.39, 0.29) is 17.0 Å². The molecule has 1 aliphatic heterocycles. The van der Waals surface area contributed by atoms with Crippen LogP contribution in [0.3, 0.4) is 0 Å². The number of fused-ring (bicyclic) bond motifs is 1.